The van der Waals surface area contributed by atoms with E-state index in [0.29, 0.717) is 32.6 Å². The highest BCUT2D eigenvalue weighted by Gasteiger charge is 2.22. The van der Waals surface area contributed by atoms with E-state index in [0.717, 1.165) is 5.56 Å². The van der Waals surface area contributed by atoms with Gasteiger partial charge in [0.1, 0.15) is 6.54 Å². The van der Waals surface area contributed by atoms with E-state index >= 15 is 0 Å². The maximum atomic E-state index is 12.3. The van der Waals surface area contributed by atoms with Crippen molar-refractivity contribution in [3.8, 4) is 0 Å². The van der Waals surface area contributed by atoms with Crippen molar-refractivity contribution in [1.29, 1.82) is 0 Å². The zero-order chi connectivity index (χ0) is 17.5. The summed E-state index contributed by atoms with van der Waals surface area (Å²) in [6.07, 6.45) is 0.388. The number of hydrogen-bond donors (Lipinski definition) is 2. The highest BCUT2D eigenvalue weighted by atomic mass is 16.4. The molecule has 1 aromatic rings. The first-order valence-corrected chi connectivity index (χ1v) is 7.98. The Balaban J connectivity index is 1.73. The number of nitrogens with one attached hydrogen (secondary N) is 1. The number of carboxylic acids is 1. The van der Waals surface area contributed by atoms with Gasteiger partial charge in [-0.15, -0.1) is 0 Å². The van der Waals surface area contributed by atoms with Crippen LogP contribution in [0.25, 0.3) is 0 Å². The molecule has 0 atom stereocenters. The SMILES string of the molecule is Cc1ccc(CC(=O)N2CCN(CC(=O)NCC(=O)O)CC2)cc1. The molecule has 1 aromatic carbocycles. The third-order valence-corrected chi connectivity index (χ3v) is 4.00. The summed E-state index contributed by atoms with van der Waals surface area (Å²) in [5, 5.41) is 10.9. The van der Waals surface area contributed by atoms with E-state index in [9.17, 15) is 14.4 Å². The van der Waals surface area contributed by atoms with Gasteiger partial charge in [0, 0.05) is 26.2 Å². The van der Waals surface area contributed by atoms with Gasteiger partial charge in [0.15, 0.2) is 0 Å². The lowest BCUT2D eigenvalue weighted by Gasteiger charge is -2.34. The highest BCUT2D eigenvalue weighted by molar-refractivity contribution is 5.82. The Labute approximate surface area is 141 Å². The Hall–Kier alpha value is -2.41. The molecule has 1 heterocycles. The van der Waals surface area contributed by atoms with Crippen LogP contribution in [0, 0.1) is 6.92 Å². The Bertz CT molecular complexity index is 592. The van der Waals surface area contributed by atoms with Crippen molar-refractivity contribution in [1.82, 2.24) is 15.1 Å². The number of aliphatic carboxylic acids is 1. The lowest BCUT2D eigenvalue weighted by Crippen LogP contribution is -2.51. The monoisotopic (exact) mass is 333 g/mol. The van der Waals surface area contributed by atoms with Gasteiger partial charge in [-0.05, 0) is 12.5 Å². The van der Waals surface area contributed by atoms with Crippen molar-refractivity contribution >= 4 is 17.8 Å². The molecule has 130 valence electrons. The summed E-state index contributed by atoms with van der Waals surface area (Å²) >= 11 is 0. The fourth-order valence-corrected chi connectivity index (χ4v) is 2.58. The predicted octanol–water partition coefficient (Wildman–Crippen LogP) is -0.117. The van der Waals surface area contributed by atoms with Gasteiger partial charge in [-0.2, -0.15) is 0 Å². The molecular formula is C17H23N3O4. The number of carbonyl (C=O) groups excluding carboxylic acids is 2. The molecule has 7 heteroatoms. The van der Waals surface area contributed by atoms with Gasteiger partial charge in [0.2, 0.25) is 11.8 Å². The van der Waals surface area contributed by atoms with Crippen LogP contribution >= 0.6 is 0 Å². The average molecular weight is 333 g/mol. The Morgan fingerprint density at radius 2 is 1.71 bits per heavy atom. The molecule has 1 aliphatic rings. The second kappa shape index (κ2) is 8.44. The number of aryl methyl sites for hydroxylation is 1. The van der Waals surface area contributed by atoms with Crippen LogP contribution in [-0.2, 0) is 20.8 Å². The summed E-state index contributed by atoms with van der Waals surface area (Å²) in [6.45, 7) is 4.19. The number of carbonyl (C=O) groups is 3. The zero-order valence-electron chi connectivity index (χ0n) is 13.8. The van der Waals surface area contributed by atoms with E-state index in [-0.39, 0.29) is 24.9 Å². The van der Waals surface area contributed by atoms with Gasteiger partial charge in [-0.25, -0.2) is 0 Å². The Morgan fingerprint density at radius 3 is 2.29 bits per heavy atom. The molecule has 0 radical (unpaired) electrons. The maximum absolute atomic E-state index is 12.3. The molecule has 24 heavy (non-hydrogen) atoms. The van der Waals surface area contributed by atoms with Crippen molar-refractivity contribution < 1.29 is 19.5 Å². The van der Waals surface area contributed by atoms with E-state index in [1.54, 1.807) is 0 Å². The molecule has 0 saturated carbocycles. The second-order valence-corrected chi connectivity index (χ2v) is 5.99. The van der Waals surface area contributed by atoms with Crippen molar-refractivity contribution in [3.05, 3.63) is 35.4 Å². The van der Waals surface area contributed by atoms with Crippen LogP contribution in [0.4, 0.5) is 0 Å². The molecule has 7 nitrogen and oxygen atoms in total. The lowest BCUT2D eigenvalue weighted by molar-refractivity contribution is -0.138. The molecule has 0 aliphatic carbocycles. The van der Waals surface area contributed by atoms with Crippen molar-refractivity contribution in [2.45, 2.75) is 13.3 Å². The highest BCUT2D eigenvalue weighted by Crippen LogP contribution is 2.08. The molecule has 0 unspecified atom stereocenters. The number of rotatable bonds is 6. The van der Waals surface area contributed by atoms with E-state index in [2.05, 4.69) is 5.32 Å². The van der Waals surface area contributed by atoms with Crippen LogP contribution in [0.15, 0.2) is 24.3 Å². The Morgan fingerprint density at radius 1 is 1.08 bits per heavy atom. The molecule has 1 saturated heterocycles. The minimum absolute atomic E-state index is 0.0915. The van der Waals surface area contributed by atoms with Crippen LogP contribution in [0.2, 0.25) is 0 Å². The molecular weight excluding hydrogens is 310 g/mol. The number of amides is 2. The van der Waals surface area contributed by atoms with Gasteiger partial charge in [-0.3, -0.25) is 19.3 Å². The smallest absolute Gasteiger partial charge is 0.322 e. The van der Waals surface area contributed by atoms with Crippen molar-refractivity contribution in [2.24, 2.45) is 0 Å². The van der Waals surface area contributed by atoms with E-state index in [1.165, 1.54) is 5.56 Å². The van der Waals surface area contributed by atoms with Crippen LogP contribution in [0.3, 0.4) is 0 Å². The predicted molar refractivity (Wildman–Crippen MR) is 88.5 cm³/mol. The molecule has 0 aromatic heterocycles. The summed E-state index contributed by atoms with van der Waals surface area (Å²) in [6, 6.07) is 7.93. The summed E-state index contributed by atoms with van der Waals surface area (Å²) in [7, 11) is 0. The first-order chi connectivity index (χ1) is 11.4. The van der Waals surface area contributed by atoms with Gasteiger partial charge in [0.25, 0.3) is 0 Å². The normalized spacial score (nSPS) is 15.1. The van der Waals surface area contributed by atoms with Crippen LogP contribution in [0.5, 0.6) is 0 Å². The first-order valence-electron chi connectivity index (χ1n) is 7.98. The van der Waals surface area contributed by atoms with E-state index < -0.39 is 5.97 Å². The standard InChI is InChI=1S/C17H23N3O4/c1-13-2-4-14(5-3-13)10-16(22)20-8-6-19(7-9-20)12-15(21)18-11-17(23)24/h2-5H,6-12H2,1H3,(H,18,21)(H,23,24). The minimum atomic E-state index is -1.06. The van der Waals surface area contributed by atoms with Crippen LogP contribution < -0.4 is 5.32 Å². The number of carboxylic acid groups (broad SMARTS) is 1. The Kier molecular flexibility index (Phi) is 6.31. The molecule has 1 aliphatic heterocycles. The molecule has 2 N–H and O–H groups in total. The number of hydrogen-bond acceptors (Lipinski definition) is 4. The van der Waals surface area contributed by atoms with Crippen LogP contribution in [-0.4, -0.2) is 72.0 Å². The van der Waals surface area contributed by atoms with Crippen molar-refractivity contribution in [3.63, 3.8) is 0 Å². The third kappa shape index (κ3) is 5.66. The summed E-state index contributed by atoms with van der Waals surface area (Å²) in [5.41, 5.74) is 2.17. The maximum Gasteiger partial charge on any atom is 0.322 e. The first kappa shape index (κ1) is 17.9. The van der Waals surface area contributed by atoms with E-state index in [4.69, 9.17) is 5.11 Å². The fourth-order valence-electron chi connectivity index (χ4n) is 2.58. The summed E-state index contributed by atoms with van der Waals surface area (Å²) in [5.74, 6) is -1.28. The summed E-state index contributed by atoms with van der Waals surface area (Å²) < 4.78 is 0. The molecule has 0 spiro atoms. The second-order valence-electron chi connectivity index (χ2n) is 5.99. The van der Waals surface area contributed by atoms with Gasteiger partial charge >= 0.3 is 5.97 Å². The van der Waals surface area contributed by atoms with Gasteiger partial charge < -0.3 is 15.3 Å². The van der Waals surface area contributed by atoms with Gasteiger partial charge in [-0.1, -0.05) is 29.8 Å². The largest absolute Gasteiger partial charge is 0.480 e. The number of benzene rings is 1. The lowest BCUT2D eigenvalue weighted by atomic mass is 10.1. The molecule has 0 bridgehead atoms. The fraction of sp³-hybridized carbons (Fsp3) is 0.471. The summed E-state index contributed by atoms with van der Waals surface area (Å²) in [4.78, 5) is 38.1. The zero-order valence-corrected chi connectivity index (χ0v) is 13.8. The quantitative estimate of drug-likeness (QED) is 0.758. The average Bonchev–Trinajstić information content (AvgIpc) is 2.55. The van der Waals surface area contributed by atoms with Crippen molar-refractivity contribution in [2.75, 3.05) is 39.3 Å². The molecule has 1 fully saturated rings. The number of piperazine rings is 1. The topological polar surface area (TPSA) is 90.0 Å². The third-order valence-electron chi connectivity index (χ3n) is 4.00. The van der Waals surface area contributed by atoms with E-state index in [1.807, 2.05) is 41.0 Å². The van der Waals surface area contributed by atoms with Gasteiger partial charge in [0.05, 0.1) is 13.0 Å². The van der Waals surface area contributed by atoms with Crippen LogP contribution in [0.1, 0.15) is 11.1 Å². The molecule has 2 rings (SSSR count). The number of nitrogens with zero attached hydrogens (tertiary/aromatic N) is 2. The molecule has 2 amide bonds. The minimum Gasteiger partial charge on any atom is -0.480 e.